The summed E-state index contributed by atoms with van der Waals surface area (Å²) in [7, 11) is 0. The van der Waals surface area contributed by atoms with Gasteiger partial charge in [0.05, 0.1) is 0 Å². The summed E-state index contributed by atoms with van der Waals surface area (Å²) in [6.07, 6.45) is 2.15. The molecule has 0 atom stereocenters. The molecule has 0 bridgehead atoms. The van der Waals surface area contributed by atoms with Crippen molar-refractivity contribution in [3.05, 3.63) is 29.8 Å². The second-order valence-electron chi connectivity index (χ2n) is 6.79. The fraction of sp³-hybridized carbons (Fsp3) is 0.556. The first kappa shape index (κ1) is 16.2. The molecule has 1 aliphatic heterocycles. The lowest BCUT2D eigenvalue weighted by atomic mass is 10.0. The molecule has 0 spiro atoms. The Morgan fingerprint density at radius 2 is 1.65 bits per heavy atom. The Balaban J connectivity index is 1.50. The zero-order valence-electron chi connectivity index (χ0n) is 13.9. The number of nitrogens with zero attached hydrogens (tertiary/aromatic N) is 2. The first-order valence-corrected chi connectivity index (χ1v) is 8.90. The quantitative estimate of drug-likeness (QED) is 0.864. The highest BCUT2D eigenvalue weighted by Gasteiger charge is 2.34. The number of rotatable bonds is 3. The molecule has 5 heteroatoms. The van der Waals surface area contributed by atoms with Crippen LogP contribution in [0.5, 0.6) is 0 Å². The number of thiocarbonyl (C=S) groups is 1. The number of anilines is 1. The molecule has 0 unspecified atom stereocenters. The first-order valence-electron chi connectivity index (χ1n) is 8.49. The summed E-state index contributed by atoms with van der Waals surface area (Å²) in [4.78, 5) is 16.2. The lowest BCUT2D eigenvalue weighted by Gasteiger charge is -2.36. The number of hydrogen-bond acceptors (Lipinski definition) is 2. The van der Waals surface area contributed by atoms with Gasteiger partial charge in [-0.15, -0.1) is 0 Å². The highest BCUT2D eigenvalue weighted by molar-refractivity contribution is 7.80. The van der Waals surface area contributed by atoms with Crippen LogP contribution in [0, 0.1) is 5.92 Å². The van der Waals surface area contributed by atoms with Crippen LogP contribution in [0.2, 0.25) is 0 Å². The standard InChI is InChI=1S/C18H25N3OS/c1-13(2)14-5-7-16(8-6-14)19-18(23)21-11-9-20(10-12-21)17(22)15-3-4-15/h5-8,13,15H,3-4,9-12H2,1-2H3,(H,19,23). The van der Waals surface area contributed by atoms with Crippen LogP contribution in [0.15, 0.2) is 24.3 Å². The minimum Gasteiger partial charge on any atom is -0.345 e. The summed E-state index contributed by atoms with van der Waals surface area (Å²) in [6, 6.07) is 8.44. The summed E-state index contributed by atoms with van der Waals surface area (Å²) >= 11 is 5.52. The average molecular weight is 331 g/mol. The van der Waals surface area contributed by atoms with Crippen LogP contribution in [0.3, 0.4) is 0 Å². The summed E-state index contributed by atoms with van der Waals surface area (Å²) in [6.45, 7) is 7.57. The summed E-state index contributed by atoms with van der Waals surface area (Å²) in [5, 5.41) is 4.06. The number of carbonyl (C=O) groups excluding carboxylic acids is 1. The van der Waals surface area contributed by atoms with E-state index in [0.717, 1.165) is 49.8 Å². The number of benzene rings is 1. The van der Waals surface area contributed by atoms with E-state index >= 15 is 0 Å². The van der Waals surface area contributed by atoms with Crippen molar-refractivity contribution in [1.29, 1.82) is 0 Å². The molecule has 23 heavy (non-hydrogen) atoms. The Bertz CT molecular complexity index is 572. The maximum absolute atomic E-state index is 12.1. The van der Waals surface area contributed by atoms with Gasteiger partial charge in [-0.05, 0) is 48.7 Å². The Morgan fingerprint density at radius 3 is 2.17 bits per heavy atom. The highest BCUT2D eigenvalue weighted by Crippen LogP contribution is 2.31. The lowest BCUT2D eigenvalue weighted by molar-refractivity contribution is -0.133. The fourth-order valence-corrected chi connectivity index (χ4v) is 3.17. The number of carbonyl (C=O) groups is 1. The third-order valence-electron chi connectivity index (χ3n) is 4.63. The van der Waals surface area contributed by atoms with Crippen LogP contribution < -0.4 is 5.32 Å². The Hall–Kier alpha value is -1.62. The summed E-state index contributed by atoms with van der Waals surface area (Å²) in [5.74, 6) is 1.19. The van der Waals surface area contributed by atoms with E-state index in [2.05, 4.69) is 48.3 Å². The van der Waals surface area contributed by atoms with Crippen LogP contribution in [0.4, 0.5) is 5.69 Å². The lowest BCUT2D eigenvalue weighted by Crippen LogP contribution is -2.52. The number of hydrogen-bond donors (Lipinski definition) is 1. The molecule has 1 aliphatic carbocycles. The molecule has 1 saturated heterocycles. The van der Waals surface area contributed by atoms with Crippen molar-refractivity contribution in [3.8, 4) is 0 Å². The van der Waals surface area contributed by atoms with Crippen molar-refractivity contribution in [2.45, 2.75) is 32.6 Å². The van der Waals surface area contributed by atoms with Crippen LogP contribution in [-0.2, 0) is 4.79 Å². The zero-order valence-corrected chi connectivity index (χ0v) is 14.7. The van der Waals surface area contributed by atoms with Gasteiger partial charge in [-0.2, -0.15) is 0 Å². The predicted octanol–water partition coefficient (Wildman–Crippen LogP) is 3.06. The van der Waals surface area contributed by atoms with Crippen LogP contribution >= 0.6 is 12.2 Å². The van der Waals surface area contributed by atoms with Gasteiger partial charge in [0.25, 0.3) is 0 Å². The molecule has 0 aromatic heterocycles. The Labute approximate surface area is 143 Å². The van der Waals surface area contributed by atoms with Gasteiger partial charge < -0.3 is 15.1 Å². The molecule has 1 saturated carbocycles. The predicted molar refractivity (Wildman–Crippen MR) is 97.6 cm³/mol. The molecule has 1 aromatic carbocycles. The SMILES string of the molecule is CC(C)c1ccc(NC(=S)N2CCN(C(=O)C3CC3)CC2)cc1. The second kappa shape index (κ2) is 6.87. The largest absolute Gasteiger partial charge is 0.345 e. The molecular formula is C18H25N3OS. The maximum Gasteiger partial charge on any atom is 0.225 e. The normalized spacial score (nSPS) is 18.2. The Morgan fingerprint density at radius 1 is 1.09 bits per heavy atom. The van der Waals surface area contributed by atoms with E-state index in [1.165, 1.54) is 5.56 Å². The van der Waals surface area contributed by atoms with Gasteiger partial charge >= 0.3 is 0 Å². The molecule has 1 N–H and O–H groups in total. The van der Waals surface area contributed by atoms with Crippen LogP contribution in [0.1, 0.15) is 38.2 Å². The van der Waals surface area contributed by atoms with E-state index in [-0.39, 0.29) is 0 Å². The number of amides is 1. The van der Waals surface area contributed by atoms with Crippen molar-refractivity contribution in [3.63, 3.8) is 0 Å². The van der Waals surface area contributed by atoms with Gasteiger partial charge in [0.1, 0.15) is 0 Å². The van der Waals surface area contributed by atoms with E-state index in [4.69, 9.17) is 12.2 Å². The van der Waals surface area contributed by atoms with Gasteiger partial charge in [-0.25, -0.2) is 0 Å². The van der Waals surface area contributed by atoms with Gasteiger partial charge in [-0.1, -0.05) is 26.0 Å². The van der Waals surface area contributed by atoms with E-state index in [1.54, 1.807) is 0 Å². The number of nitrogens with one attached hydrogen (secondary N) is 1. The molecule has 0 radical (unpaired) electrons. The fourth-order valence-electron chi connectivity index (χ4n) is 2.87. The molecule has 124 valence electrons. The molecule has 1 heterocycles. The minimum absolute atomic E-state index is 0.311. The monoisotopic (exact) mass is 331 g/mol. The van der Waals surface area contributed by atoms with E-state index in [0.29, 0.717) is 17.7 Å². The highest BCUT2D eigenvalue weighted by atomic mass is 32.1. The van der Waals surface area contributed by atoms with Gasteiger partial charge in [0, 0.05) is 37.8 Å². The maximum atomic E-state index is 12.1. The number of piperazine rings is 1. The third kappa shape index (κ3) is 4.02. The van der Waals surface area contributed by atoms with Crippen molar-refractivity contribution in [1.82, 2.24) is 9.80 Å². The smallest absolute Gasteiger partial charge is 0.225 e. The van der Waals surface area contributed by atoms with Gasteiger partial charge in [-0.3, -0.25) is 4.79 Å². The summed E-state index contributed by atoms with van der Waals surface area (Å²) < 4.78 is 0. The Kier molecular flexibility index (Phi) is 4.85. The molecule has 1 aromatic rings. The van der Waals surface area contributed by atoms with E-state index in [9.17, 15) is 4.79 Å². The van der Waals surface area contributed by atoms with Crippen LogP contribution in [-0.4, -0.2) is 47.0 Å². The summed E-state index contributed by atoms with van der Waals surface area (Å²) in [5.41, 5.74) is 2.35. The first-order chi connectivity index (χ1) is 11.0. The van der Waals surface area contributed by atoms with Crippen molar-refractivity contribution in [2.24, 2.45) is 5.92 Å². The molecule has 3 rings (SSSR count). The van der Waals surface area contributed by atoms with Crippen molar-refractivity contribution >= 4 is 28.9 Å². The molecule has 1 amide bonds. The molecule has 4 nitrogen and oxygen atoms in total. The molecule has 2 fully saturated rings. The van der Waals surface area contributed by atoms with Gasteiger partial charge in [0.15, 0.2) is 5.11 Å². The topological polar surface area (TPSA) is 35.6 Å². The van der Waals surface area contributed by atoms with Crippen molar-refractivity contribution in [2.75, 3.05) is 31.5 Å². The molecule has 2 aliphatic rings. The average Bonchev–Trinajstić information content (AvgIpc) is 3.40. The zero-order chi connectivity index (χ0) is 16.4. The van der Waals surface area contributed by atoms with Gasteiger partial charge in [0.2, 0.25) is 5.91 Å². The minimum atomic E-state index is 0.311. The third-order valence-corrected chi connectivity index (χ3v) is 4.99. The van der Waals surface area contributed by atoms with E-state index < -0.39 is 0 Å². The molecular weight excluding hydrogens is 306 g/mol. The van der Waals surface area contributed by atoms with Crippen LogP contribution in [0.25, 0.3) is 0 Å². The second-order valence-corrected chi connectivity index (χ2v) is 7.18. The van der Waals surface area contributed by atoms with Crippen molar-refractivity contribution < 1.29 is 4.79 Å². The van der Waals surface area contributed by atoms with E-state index in [1.807, 2.05) is 4.90 Å².